The van der Waals surface area contributed by atoms with Crippen molar-refractivity contribution in [3.63, 3.8) is 0 Å². The van der Waals surface area contributed by atoms with E-state index in [0.717, 1.165) is 18.9 Å². The molecule has 2 saturated carbocycles. The topological polar surface area (TPSA) is 58.4 Å². The first-order valence-electron chi connectivity index (χ1n) is 9.55. The predicted molar refractivity (Wildman–Crippen MR) is 96.3 cm³/mol. The van der Waals surface area contributed by atoms with Crippen molar-refractivity contribution >= 4 is 11.4 Å². The van der Waals surface area contributed by atoms with Gasteiger partial charge in [0.05, 0.1) is 16.7 Å². The molecule has 3 aliphatic rings. The smallest absolute Gasteiger partial charge is 0.224 e. The second-order valence-corrected chi connectivity index (χ2v) is 8.60. The average molecular weight is 338 g/mol. The van der Waals surface area contributed by atoms with Gasteiger partial charge in [-0.1, -0.05) is 6.07 Å². The molecule has 2 bridgehead atoms. The van der Waals surface area contributed by atoms with Gasteiger partial charge >= 0.3 is 0 Å². The molecular formula is C20H26N4O. The van der Waals surface area contributed by atoms with Gasteiger partial charge in [-0.25, -0.2) is 4.98 Å². The van der Waals surface area contributed by atoms with E-state index in [-0.39, 0.29) is 11.8 Å². The van der Waals surface area contributed by atoms with Crippen molar-refractivity contribution in [2.24, 2.45) is 17.8 Å². The first kappa shape index (κ1) is 15.4. The number of fused-ring (bicyclic) bond motifs is 3. The van der Waals surface area contributed by atoms with Gasteiger partial charge in [-0.2, -0.15) is 0 Å². The van der Waals surface area contributed by atoms with Gasteiger partial charge in [-0.05, 0) is 70.2 Å². The van der Waals surface area contributed by atoms with Crippen LogP contribution in [-0.4, -0.2) is 28.4 Å². The van der Waals surface area contributed by atoms with Crippen molar-refractivity contribution in [1.82, 2.24) is 20.0 Å². The molecule has 1 amide bonds. The third-order valence-corrected chi connectivity index (χ3v) is 6.27. The fourth-order valence-electron chi connectivity index (χ4n) is 4.78. The Morgan fingerprint density at radius 2 is 2.04 bits per heavy atom. The Balaban J connectivity index is 1.45. The summed E-state index contributed by atoms with van der Waals surface area (Å²) >= 11 is 0. The molecule has 1 saturated heterocycles. The number of amides is 1. The molecule has 0 unspecified atom stereocenters. The molecule has 132 valence electrons. The standard InChI is InChI=1S/C20H26N4O/c1-20(2,23-18(25)16-13-9-14(16)11-21-10-13)19-22-17(12-6-7-12)15-5-3-4-8-24(15)19/h3-5,8,12-14,16,21H,6-7,9-11H2,1-2H3,(H,23,25)/t13-,14+,16-. The van der Waals surface area contributed by atoms with E-state index in [2.05, 4.69) is 47.2 Å². The summed E-state index contributed by atoms with van der Waals surface area (Å²) < 4.78 is 2.16. The summed E-state index contributed by atoms with van der Waals surface area (Å²) in [6.45, 7) is 6.12. The van der Waals surface area contributed by atoms with Crippen molar-refractivity contribution in [3.8, 4) is 0 Å². The number of pyridine rings is 1. The van der Waals surface area contributed by atoms with Crippen LogP contribution in [0.25, 0.3) is 5.52 Å². The molecule has 3 heterocycles. The molecule has 0 radical (unpaired) electrons. The zero-order chi connectivity index (χ0) is 17.2. The lowest BCUT2D eigenvalue weighted by Gasteiger charge is -2.49. The van der Waals surface area contributed by atoms with Crippen LogP contribution in [-0.2, 0) is 10.3 Å². The summed E-state index contributed by atoms with van der Waals surface area (Å²) in [6.07, 6.45) is 5.72. The SMILES string of the molecule is CC(C)(NC(=O)[C@H]1[C@@H]2CNC[C@H]1C2)c1nc(C2CC2)c2ccccn12. The largest absolute Gasteiger partial charge is 0.344 e. The Bertz CT molecular complexity index is 821. The maximum atomic E-state index is 12.9. The Labute approximate surface area is 148 Å². The monoisotopic (exact) mass is 338 g/mol. The Hall–Kier alpha value is -1.88. The summed E-state index contributed by atoms with van der Waals surface area (Å²) in [4.78, 5) is 17.9. The molecule has 1 aliphatic heterocycles. The van der Waals surface area contributed by atoms with Crippen LogP contribution < -0.4 is 10.6 Å². The number of piperidine rings is 2. The predicted octanol–water partition coefficient (Wildman–Crippen LogP) is 2.42. The third kappa shape index (κ3) is 2.40. The highest BCUT2D eigenvalue weighted by Gasteiger charge is 2.49. The molecule has 0 spiro atoms. The lowest BCUT2D eigenvalue weighted by Crippen LogP contribution is -2.60. The number of carbonyl (C=O) groups excluding carboxylic acids is 1. The Morgan fingerprint density at radius 3 is 2.72 bits per heavy atom. The molecule has 2 aromatic rings. The lowest BCUT2D eigenvalue weighted by molar-refractivity contribution is -0.138. The summed E-state index contributed by atoms with van der Waals surface area (Å²) in [5.41, 5.74) is 1.90. The van der Waals surface area contributed by atoms with Gasteiger partial charge in [0.25, 0.3) is 0 Å². The molecule has 0 aromatic carbocycles. The van der Waals surface area contributed by atoms with E-state index in [1.54, 1.807) is 0 Å². The summed E-state index contributed by atoms with van der Waals surface area (Å²) in [5.74, 6) is 2.93. The van der Waals surface area contributed by atoms with Crippen LogP contribution in [0.3, 0.4) is 0 Å². The van der Waals surface area contributed by atoms with Crippen molar-refractivity contribution in [2.75, 3.05) is 13.1 Å². The Kier molecular flexibility index (Phi) is 3.26. The summed E-state index contributed by atoms with van der Waals surface area (Å²) in [7, 11) is 0. The van der Waals surface area contributed by atoms with Gasteiger partial charge in [0.1, 0.15) is 5.82 Å². The van der Waals surface area contributed by atoms with Crippen LogP contribution >= 0.6 is 0 Å². The molecular weight excluding hydrogens is 312 g/mol. The van der Waals surface area contributed by atoms with Crippen molar-refractivity contribution in [1.29, 1.82) is 0 Å². The highest BCUT2D eigenvalue weighted by Crippen LogP contribution is 2.44. The van der Waals surface area contributed by atoms with E-state index in [4.69, 9.17) is 4.98 Å². The number of nitrogens with one attached hydrogen (secondary N) is 2. The van der Waals surface area contributed by atoms with E-state index in [1.807, 2.05) is 6.07 Å². The highest BCUT2D eigenvalue weighted by atomic mass is 16.2. The van der Waals surface area contributed by atoms with E-state index >= 15 is 0 Å². The Morgan fingerprint density at radius 1 is 1.28 bits per heavy atom. The van der Waals surface area contributed by atoms with E-state index in [1.165, 1.54) is 30.5 Å². The van der Waals surface area contributed by atoms with Crippen molar-refractivity contribution in [3.05, 3.63) is 35.9 Å². The molecule has 3 atom stereocenters. The van der Waals surface area contributed by atoms with Gasteiger partial charge in [-0.15, -0.1) is 0 Å². The number of rotatable bonds is 4. The maximum absolute atomic E-state index is 12.9. The van der Waals surface area contributed by atoms with Crippen LogP contribution in [0, 0.1) is 17.8 Å². The molecule has 5 rings (SSSR count). The van der Waals surface area contributed by atoms with E-state index < -0.39 is 5.54 Å². The van der Waals surface area contributed by atoms with Crippen molar-refractivity contribution < 1.29 is 4.79 Å². The second-order valence-electron chi connectivity index (χ2n) is 8.60. The molecule has 5 nitrogen and oxygen atoms in total. The van der Waals surface area contributed by atoms with Gasteiger partial charge in [0.15, 0.2) is 0 Å². The molecule has 5 heteroatoms. The minimum absolute atomic E-state index is 0.176. The molecule has 2 aliphatic carbocycles. The van der Waals surface area contributed by atoms with Crippen LogP contribution in [0.15, 0.2) is 24.4 Å². The van der Waals surface area contributed by atoms with Gasteiger partial charge in [0.2, 0.25) is 5.91 Å². The number of imidazole rings is 1. The third-order valence-electron chi connectivity index (χ3n) is 6.27. The second kappa shape index (κ2) is 5.31. The van der Waals surface area contributed by atoms with Crippen LogP contribution in [0.5, 0.6) is 0 Å². The number of aromatic nitrogens is 2. The van der Waals surface area contributed by atoms with Gasteiger partial charge in [-0.3, -0.25) is 4.79 Å². The number of nitrogens with zero attached hydrogens (tertiary/aromatic N) is 2. The molecule has 25 heavy (non-hydrogen) atoms. The van der Waals surface area contributed by atoms with Gasteiger partial charge < -0.3 is 15.0 Å². The van der Waals surface area contributed by atoms with E-state index in [0.29, 0.717) is 17.8 Å². The average Bonchev–Trinajstić information content (AvgIpc) is 3.34. The fourth-order valence-corrected chi connectivity index (χ4v) is 4.78. The summed E-state index contributed by atoms with van der Waals surface area (Å²) in [5, 5.41) is 6.73. The van der Waals surface area contributed by atoms with Gasteiger partial charge in [0, 0.05) is 18.0 Å². The highest BCUT2D eigenvalue weighted by molar-refractivity contribution is 5.81. The summed E-state index contributed by atoms with van der Waals surface area (Å²) in [6, 6.07) is 6.25. The number of carbonyl (C=O) groups is 1. The number of hydrogen-bond donors (Lipinski definition) is 2. The van der Waals surface area contributed by atoms with Crippen LogP contribution in [0.4, 0.5) is 0 Å². The van der Waals surface area contributed by atoms with Crippen LogP contribution in [0.1, 0.15) is 50.5 Å². The van der Waals surface area contributed by atoms with Crippen LogP contribution in [0.2, 0.25) is 0 Å². The number of hydrogen-bond acceptors (Lipinski definition) is 3. The normalized spacial score (nSPS) is 28.6. The fraction of sp³-hybridized carbons (Fsp3) is 0.600. The first-order chi connectivity index (χ1) is 12.0. The molecule has 3 fully saturated rings. The zero-order valence-electron chi connectivity index (χ0n) is 15.0. The minimum Gasteiger partial charge on any atom is -0.344 e. The lowest BCUT2D eigenvalue weighted by atomic mass is 9.61. The van der Waals surface area contributed by atoms with Crippen molar-refractivity contribution in [2.45, 2.75) is 44.6 Å². The quantitative estimate of drug-likeness (QED) is 0.900. The van der Waals surface area contributed by atoms with E-state index in [9.17, 15) is 4.79 Å². The molecule has 2 N–H and O–H groups in total. The maximum Gasteiger partial charge on any atom is 0.224 e. The molecule has 2 aromatic heterocycles. The first-order valence-corrected chi connectivity index (χ1v) is 9.55. The zero-order valence-corrected chi connectivity index (χ0v) is 15.0. The minimum atomic E-state index is -0.480.